The zero-order valence-corrected chi connectivity index (χ0v) is 14.9. The summed E-state index contributed by atoms with van der Waals surface area (Å²) in [5, 5.41) is 5.76. The molecule has 0 atom stereocenters. The molecule has 3 aromatic rings. The summed E-state index contributed by atoms with van der Waals surface area (Å²) >= 11 is 1.53. The summed E-state index contributed by atoms with van der Waals surface area (Å²) < 4.78 is 0. The van der Waals surface area contributed by atoms with E-state index in [-0.39, 0.29) is 11.3 Å². The van der Waals surface area contributed by atoms with Gasteiger partial charge >= 0.3 is 0 Å². The van der Waals surface area contributed by atoms with E-state index in [2.05, 4.69) is 44.1 Å². The van der Waals surface area contributed by atoms with Crippen LogP contribution in [0.3, 0.4) is 0 Å². The van der Waals surface area contributed by atoms with Crippen molar-refractivity contribution in [1.82, 2.24) is 30.2 Å². The number of nitrogens with zero attached hydrogens (tertiary/aromatic N) is 4. The molecule has 128 valence electrons. The summed E-state index contributed by atoms with van der Waals surface area (Å²) in [6.07, 6.45) is 6.33. The normalized spacial score (nSPS) is 16.2. The number of hydrogen-bond acceptors (Lipinski definition) is 6. The third-order valence-electron chi connectivity index (χ3n) is 4.11. The van der Waals surface area contributed by atoms with Gasteiger partial charge in [0.05, 0.1) is 11.9 Å². The molecule has 0 aromatic carbocycles. The molecule has 0 unspecified atom stereocenters. The topological polar surface area (TPSA) is 96.5 Å². The lowest BCUT2D eigenvalue weighted by Gasteiger charge is -2.21. The maximum Gasteiger partial charge on any atom is 0.271 e. The predicted molar refractivity (Wildman–Crippen MR) is 94.4 cm³/mol. The quantitative estimate of drug-likeness (QED) is 0.752. The number of imidazole rings is 1. The second kappa shape index (κ2) is 6.03. The molecule has 0 saturated carbocycles. The first-order valence-electron chi connectivity index (χ1n) is 8.07. The Kier molecular flexibility index (Phi) is 3.84. The van der Waals surface area contributed by atoms with E-state index in [0.717, 1.165) is 34.3 Å². The van der Waals surface area contributed by atoms with Crippen LogP contribution in [-0.4, -0.2) is 37.4 Å². The fourth-order valence-corrected chi connectivity index (χ4v) is 3.67. The zero-order valence-electron chi connectivity index (χ0n) is 14.0. The molecule has 0 saturated heterocycles. The van der Waals surface area contributed by atoms with Gasteiger partial charge in [0, 0.05) is 36.4 Å². The standard InChI is InChI=1S/C17H18N6OS/c1-17(2)6-11-14(15(24)20-9-17)23-13(22-11)5-10-8-25-16(21-10)12-7-18-3-4-19-12/h3-4,7-8H,5-6,9H2,1-2H3,(H,20,24)(H,22,23). The van der Waals surface area contributed by atoms with Crippen LogP contribution in [0.5, 0.6) is 0 Å². The maximum absolute atomic E-state index is 12.2. The van der Waals surface area contributed by atoms with E-state index in [1.54, 1.807) is 18.6 Å². The second-order valence-corrected chi connectivity index (χ2v) is 7.80. The van der Waals surface area contributed by atoms with Gasteiger partial charge in [0.25, 0.3) is 5.91 Å². The number of aromatic nitrogens is 5. The van der Waals surface area contributed by atoms with Crippen molar-refractivity contribution < 1.29 is 4.79 Å². The highest BCUT2D eigenvalue weighted by Gasteiger charge is 2.29. The number of thiazole rings is 1. The number of carbonyl (C=O) groups is 1. The van der Waals surface area contributed by atoms with E-state index < -0.39 is 0 Å². The van der Waals surface area contributed by atoms with Crippen LogP contribution in [0.1, 0.15) is 41.5 Å². The number of hydrogen-bond donors (Lipinski definition) is 2. The van der Waals surface area contributed by atoms with Gasteiger partial charge in [-0.25, -0.2) is 9.97 Å². The van der Waals surface area contributed by atoms with Crippen LogP contribution in [0.2, 0.25) is 0 Å². The third kappa shape index (κ3) is 3.30. The molecule has 0 fully saturated rings. The Hall–Kier alpha value is -2.61. The zero-order chi connectivity index (χ0) is 17.4. The molecule has 1 aliphatic heterocycles. The Morgan fingerprint density at radius 1 is 1.28 bits per heavy atom. The molecule has 0 aliphatic carbocycles. The summed E-state index contributed by atoms with van der Waals surface area (Å²) in [6.45, 7) is 4.92. The van der Waals surface area contributed by atoms with Gasteiger partial charge in [0.2, 0.25) is 0 Å². The van der Waals surface area contributed by atoms with E-state index in [1.165, 1.54) is 11.3 Å². The van der Waals surface area contributed by atoms with Crippen LogP contribution in [-0.2, 0) is 12.8 Å². The highest BCUT2D eigenvalue weighted by molar-refractivity contribution is 7.13. The number of H-pyrrole nitrogens is 1. The number of aromatic amines is 1. The molecule has 4 rings (SSSR count). The molecule has 8 heteroatoms. The average Bonchev–Trinajstić information content (AvgIpc) is 3.18. The monoisotopic (exact) mass is 354 g/mol. The van der Waals surface area contributed by atoms with E-state index >= 15 is 0 Å². The van der Waals surface area contributed by atoms with E-state index in [9.17, 15) is 4.79 Å². The minimum absolute atomic E-state index is 0.00446. The van der Waals surface area contributed by atoms with E-state index in [4.69, 9.17) is 0 Å². The van der Waals surface area contributed by atoms with Crippen molar-refractivity contribution in [2.24, 2.45) is 5.41 Å². The number of nitrogens with one attached hydrogen (secondary N) is 2. The highest BCUT2D eigenvalue weighted by Crippen LogP contribution is 2.26. The lowest BCUT2D eigenvalue weighted by molar-refractivity contribution is 0.0940. The Morgan fingerprint density at radius 3 is 2.96 bits per heavy atom. The van der Waals surface area contributed by atoms with Crippen LogP contribution in [0.25, 0.3) is 10.7 Å². The van der Waals surface area contributed by atoms with Crippen molar-refractivity contribution in [2.45, 2.75) is 26.7 Å². The van der Waals surface area contributed by atoms with Crippen molar-refractivity contribution >= 4 is 17.2 Å². The molecule has 0 radical (unpaired) electrons. The molecule has 0 bridgehead atoms. The SMILES string of the molecule is CC1(C)CNC(=O)c2nc(Cc3csc(-c4cnccn4)n3)[nH]c2C1. The number of rotatable bonds is 3. The van der Waals surface area contributed by atoms with Gasteiger partial charge < -0.3 is 10.3 Å². The van der Waals surface area contributed by atoms with Crippen LogP contribution in [0.15, 0.2) is 24.0 Å². The fourth-order valence-electron chi connectivity index (χ4n) is 2.89. The summed E-state index contributed by atoms with van der Waals surface area (Å²) in [6, 6.07) is 0. The van der Waals surface area contributed by atoms with Gasteiger partial charge in [-0.2, -0.15) is 0 Å². The number of fused-ring (bicyclic) bond motifs is 1. The molecule has 25 heavy (non-hydrogen) atoms. The van der Waals surface area contributed by atoms with E-state index in [1.807, 2.05) is 5.38 Å². The molecular formula is C17H18N6OS. The van der Waals surface area contributed by atoms with Crippen LogP contribution < -0.4 is 5.32 Å². The van der Waals surface area contributed by atoms with Gasteiger partial charge in [-0.1, -0.05) is 13.8 Å². The third-order valence-corrected chi connectivity index (χ3v) is 5.02. The smallest absolute Gasteiger partial charge is 0.271 e. The molecule has 1 aliphatic rings. The molecule has 0 spiro atoms. The Balaban J connectivity index is 1.58. The molecule has 3 aromatic heterocycles. The molecule has 7 nitrogen and oxygen atoms in total. The number of carbonyl (C=O) groups excluding carboxylic acids is 1. The molecule has 2 N–H and O–H groups in total. The van der Waals surface area contributed by atoms with E-state index in [0.29, 0.717) is 18.7 Å². The second-order valence-electron chi connectivity index (χ2n) is 6.95. The van der Waals surface area contributed by atoms with Gasteiger partial charge in [-0.15, -0.1) is 11.3 Å². The molecule has 4 heterocycles. The Morgan fingerprint density at radius 2 is 2.16 bits per heavy atom. The average molecular weight is 354 g/mol. The van der Waals surface area contributed by atoms with Crippen molar-refractivity contribution in [3.05, 3.63) is 46.9 Å². The summed E-state index contributed by atoms with van der Waals surface area (Å²) in [5.41, 5.74) is 3.07. The van der Waals surface area contributed by atoms with Gasteiger partial charge in [0.15, 0.2) is 0 Å². The van der Waals surface area contributed by atoms with Crippen LogP contribution in [0.4, 0.5) is 0 Å². The maximum atomic E-state index is 12.2. The molecule has 1 amide bonds. The summed E-state index contributed by atoms with van der Waals surface area (Å²) in [4.78, 5) is 33.0. The van der Waals surface area contributed by atoms with Crippen molar-refractivity contribution in [1.29, 1.82) is 0 Å². The molecular weight excluding hydrogens is 336 g/mol. The van der Waals surface area contributed by atoms with Gasteiger partial charge in [-0.3, -0.25) is 14.8 Å². The van der Waals surface area contributed by atoms with Gasteiger partial charge in [0.1, 0.15) is 22.2 Å². The fraction of sp³-hybridized carbons (Fsp3) is 0.353. The minimum Gasteiger partial charge on any atom is -0.350 e. The Bertz CT molecular complexity index is 914. The van der Waals surface area contributed by atoms with Crippen molar-refractivity contribution in [3.63, 3.8) is 0 Å². The van der Waals surface area contributed by atoms with Crippen LogP contribution in [0, 0.1) is 5.41 Å². The first-order valence-corrected chi connectivity index (χ1v) is 8.95. The largest absolute Gasteiger partial charge is 0.350 e. The predicted octanol–water partition coefficient (Wildman–Crippen LogP) is 2.23. The van der Waals surface area contributed by atoms with Crippen LogP contribution >= 0.6 is 11.3 Å². The lowest BCUT2D eigenvalue weighted by atomic mass is 9.88. The van der Waals surface area contributed by atoms with Crippen molar-refractivity contribution in [3.8, 4) is 10.7 Å². The summed E-state index contributed by atoms with van der Waals surface area (Å²) in [7, 11) is 0. The summed E-state index contributed by atoms with van der Waals surface area (Å²) in [5.74, 6) is 0.649. The Labute approximate surface area is 149 Å². The lowest BCUT2D eigenvalue weighted by Crippen LogP contribution is -2.32. The first kappa shape index (κ1) is 15.9. The number of amides is 1. The highest BCUT2D eigenvalue weighted by atomic mass is 32.1. The minimum atomic E-state index is -0.110. The van der Waals surface area contributed by atoms with Crippen molar-refractivity contribution in [2.75, 3.05) is 6.54 Å². The van der Waals surface area contributed by atoms with Gasteiger partial charge in [-0.05, 0) is 11.8 Å². The first-order chi connectivity index (χ1) is 12.0.